The lowest BCUT2D eigenvalue weighted by Gasteiger charge is -2.11. The van der Waals surface area contributed by atoms with Gasteiger partial charge in [0, 0.05) is 5.71 Å². The number of hydrogen-bond donors (Lipinski definition) is 2. The molecule has 0 saturated heterocycles. The molecule has 2 rings (SSSR count). The minimum atomic E-state index is -4.56. The molecule has 1 heterocycles. The van der Waals surface area contributed by atoms with Crippen LogP contribution < -0.4 is 10.7 Å². The summed E-state index contributed by atoms with van der Waals surface area (Å²) in [5, 5.41) is 5.97. The molecule has 0 unspecified atom stereocenters. The zero-order valence-corrected chi connectivity index (χ0v) is 14.1. The Balaban J connectivity index is 1.97. The third-order valence-electron chi connectivity index (χ3n) is 3.08. The van der Waals surface area contributed by atoms with Crippen LogP contribution in [0, 0.1) is 0 Å². The lowest BCUT2D eigenvalue weighted by atomic mass is 10.2. The molecule has 2 N–H and O–H groups in total. The van der Waals surface area contributed by atoms with E-state index in [4.69, 9.17) is 16.0 Å². The fourth-order valence-electron chi connectivity index (χ4n) is 1.87. The first-order chi connectivity index (χ1) is 12.2. The van der Waals surface area contributed by atoms with Crippen molar-refractivity contribution in [2.75, 3.05) is 5.32 Å². The van der Waals surface area contributed by atoms with Crippen molar-refractivity contribution < 1.29 is 27.2 Å². The van der Waals surface area contributed by atoms with Gasteiger partial charge in [0.2, 0.25) is 5.91 Å². The Morgan fingerprint density at radius 1 is 1.27 bits per heavy atom. The number of hydrazone groups is 1. The minimum Gasteiger partial charge on any atom is -0.459 e. The van der Waals surface area contributed by atoms with Crippen LogP contribution in [0.2, 0.25) is 5.02 Å². The summed E-state index contributed by atoms with van der Waals surface area (Å²) in [4.78, 5) is 23.6. The van der Waals surface area contributed by atoms with Crippen molar-refractivity contribution in [1.29, 1.82) is 0 Å². The number of carbonyl (C=O) groups is 2. The Morgan fingerprint density at radius 3 is 2.62 bits per heavy atom. The van der Waals surface area contributed by atoms with E-state index >= 15 is 0 Å². The lowest BCUT2D eigenvalue weighted by Crippen LogP contribution is -2.21. The third-order valence-corrected chi connectivity index (χ3v) is 3.41. The molecule has 26 heavy (non-hydrogen) atoms. The van der Waals surface area contributed by atoms with Crippen molar-refractivity contribution in [2.45, 2.75) is 19.5 Å². The molecule has 2 amide bonds. The van der Waals surface area contributed by atoms with Gasteiger partial charge in [-0.25, -0.2) is 5.43 Å². The molecule has 0 aliphatic rings. The molecule has 0 radical (unpaired) electrons. The highest BCUT2D eigenvalue weighted by atomic mass is 35.5. The van der Waals surface area contributed by atoms with Gasteiger partial charge in [0.25, 0.3) is 0 Å². The van der Waals surface area contributed by atoms with E-state index in [1.54, 1.807) is 0 Å². The minimum absolute atomic E-state index is 0.0351. The molecule has 138 valence electrons. The normalized spacial score (nSPS) is 12.0. The van der Waals surface area contributed by atoms with Gasteiger partial charge < -0.3 is 9.73 Å². The lowest BCUT2D eigenvalue weighted by molar-refractivity contribution is -0.137. The zero-order valence-electron chi connectivity index (χ0n) is 13.4. The number of rotatable bonds is 5. The molecule has 0 saturated carbocycles. The van der Waals surface area contributed by atoms with Crippen molar-refractivity contribution in [3.8, 4) is 0 Å². The molecule has 0 aliphatic carbocycles. The van der Waals surface area contributed by atoms with Gasteiger partial charge in [0.15, 0.2) is 5.76 Å². The van der Waals surface area contributed by atoms with Gasteiger partial charge in [-0.1, -0.05) is 11.6 Å². The molecular formula is C16H13ClF3N3O3. The Morgan fingerprint density at radius 2 is 2.00 bits per heavy atom. The van der Waals surface area contributed by atoms with E-state index in [-0.39, 0.29) is 28.6 Å². The summed E-state index contributed by atoms with van der Waals surface area (Å²) in [6.07, 6.45) is -3.50. The van der Waals surface area contributed by atoms with E-state index in [1.807, 2.05) is 0 Å². The van der Waals surface area contributed by atoms with E-state index in [2.05, 4.69) is 15.8 Å². The molecule has 2 aromatic rings. The van der Waals surface area contributed by atoms with Crippen LogP contribution in [-0.2, 0) is 11.0 Å². The summed E-state index contributed by atoms with van der Waals surface area (Å²) >= 11 is 5.81. The van der Waals surface area contributed by atoms with Crippen molar-refractivity contribution in [3.63, 3.8) is 0 Å². The van der Waals surface area contributed by atoms with Crippen LogP contribution in [0.5, 0.6) is 0 Å². The van der Waals surface area contributed by atoms with Crippen LogP contribution in [-0.4, -0.2) is 17.5 Å². The number of carbonyl (C=O) groups excluding carboxylic acids is 2. The van der Waals surface area contributed by atoms with Crippen LogP contribution in [0.4, 0.5) is 18.9 Å². The molecule has 0 spiro atoms. The van der Waals surface area contributed by atoms with Crippen molar-refractivity contribution >= 4 is 34.8 Å². The van der Waals surface area contributed by atoms with Crippen molar-refractivity contribution in [2.24, 2.45) is 5.10 Å². The van der Waals surface area contributed by atoms with Crippen LogP contribution in [0.15, 0.2) is 46.1 Å². The van der Waals surface area contributed by atoms with Crippen molar-refractivity contribution in [1.82, 2.24) is 5.43 Å². The van der Waals surface area contributed by atoms with Gasteiger partial charge >= 0.3 is 12.1 Å². The van der Waals surface area contributed by atoms with Gasteiger partial charge in [-0.15, -0.1) is 0 Å². The zero-order chi connectivity index (χ0) is 19.3. The molecule has 0 bridgehead atoms. The summed E-state index contributed by atoms with van der Waals surface area (Å²) in [5.74, 6) is -1.20. The Bertz CT molecular complexity index is 833. The maximum Gasteiger partial charge on any atom is 0.416 e. The maximum atomic E-state index is 12.7. The summed E-state index contributed by atoms with van der Waals surface area (Å²) < 4.78 is 43.0. The predicted molar refractivity (Wildman–Crippen MR) is 89.0 cm³/mol. The van der Waals surface area contributed by atoms with Gasteiger partial charge in [0.05, 0.1) is 29.0 Å². The first-order valence-corrected chi connectivity index (χ1v) is 7.58. The number of amides is 2. The van der Waals surface area contributed by atoms with Crippen LogP contribution in [0.1, 0.15) is 29.5 Å². The van der Waals surface area contributed by atoms with E-state index < -0.39 is 23.6 Å². The number of nitrogens with one attached hydrogen (secondary N) is 2. The van der Waals surface area contributed by atoms with E-state index in [9.17, 15) is 22.8 Å². The molecule has 10 heteroatoms. The number of halogens is 4. The third kappa shape index (κ3) is 5.35. The van der Waals surface area contributed by atoms with Crippen molar-refractivity contribution in [3.05, 3.63) is 52.9 Å². The summed E-state index contributed by atoms with van der Waals surface area (Å²) in [5.41, 5.74) is 1.32. The molecule has 6 nitrogen and oxygen atoms in total. The van der Waals surface area contributed by atoms with Crippen LogP contribution in [0.25, 0.3) is 0 Å². The first-order valence-electron chi connectivity index (χ1n) is 7.20. The molecule has 0 atom stereocenters. The smallest absolute Gasteiger partial charge is 0.416 e. The van der Waals surface area contributed by atoms with E-state index in [1.165, 1.54) is 25.3 Å². The van der Waals surface area contributed by atoms with Gasteiger partial charge in [0.1, 0.15) is 0 Å². The summed E-state index contributed by atoms with van der Waals surface area (Å²) in [6, 6.07) is 5.56. The molecule has 0 aliphatic heterocycles. The molecular weight excluding hydrogens is 375 g/mol. The summed E-state index contributed by atoms with van der Waals surface area (Å²) in [7, 11) is 0. The molecule has 1 aromatic carbocycles. The second-order valence-electron chi connectivity index (χ2n) is 5.18. The SMILES string of the molecule is C/C(CC(=O)Nc1cc(C(F)(F)F)ccc1Cl)=N\NC(=O)c1ccco1. The van der Waals surface area contributed by atoms with E-state index in [0.717, 1.165) is 18.2 Å². The van der Waals surface area contributed by atoms with Gasteiger partial charge in [-0.3, -0.25) is 9.59 Å². The fraction of sp³-hybridized carbons (Fsp3) is 0.188. The monoisotopic (exact) mass is 387 g/mol. The second kappa shape index (κ2) is 8.05. The standard InChI is InChI=1S/C16H13ClF3N3O3/c1-9(22-23-15(25)13-3-2-6-26-13)7-14(24)21-12-8-10(16(18,19)20)4-5-11(12)17/h2-6,8H,7H2,1H3,(H,21,24)(H,23,25)/b22-9+. The maximum absolute atomic E-state index is 12.7. The second-order valence-corrected chi connectivity index (χ2v) is 5.59. The largest absolute Gasteiger partial charge is 0.459 e. The highest BCUT2D eigenvalue weighted by Crippen LogP contribution is 2.33. The fourth-order valence-corrected chi connectivity index (χ4v) is 2.04. The number of nitrogens with zero attached hydrogens (tertiary/aromatic N) is 1. The predicted octanol–water partition coefficient (Wildman–Crippen LogP) is 4.09. The average Bonchev–Trinajstić information content (AvgIpc) is 3.08. The number of alkyl halides is 3. The van der Waals surface area contributed by atoms with Gasteiger partial charge in [-0.2, -0.15) is 18.3 Å². The van der Waals surface area contributed by atoms with Crippen LogP contribution >= 0.6 is 11.6 Å². The first kappa shape index (κ1) is 19.5. The number of anilines is 1. The van der Waals surface area contributed by atoms with Crippen LogP contribution in [0.3, 0.4) is 0 Å². The number of hydrogen-bond acceptors (Lipinski definition) is 4. The highest BCUT2D eigenvalue weighted by molar-refractivity contribution is 6.33. The average molecular weight is 388 g/mol. The Kier molecular flexibility index (Phi) is 6.04. The summed E-state index contributed by atoms with van der Waals surface area (Å²) in [6.45, 7) is 1.47. The molecule has 0 fully saturated rings. The quantitative estimate of drug-likeness (QED) is 0.598. The van der Waals surface area contributed by atoms with Gasteiger partial charge in [-0.05, 0) is 37.3 Å². The Hall–Kier alpha value is -2.81. The Labute approximate surface area is 151 Å². The van der Waals surface area contributed by atoms with E-state index in [0.29, 0.717) is 0 Å². The number of benzene rings is 1. The topological polar surface area (TPSA) is 83.7 Å². The number of furan rings is 1. The highest BCUT2D eigenvalue weighted by Gasteiger charge is 2.31. The molecule has 1 aromatic heterocycles.